The van der Waals surface area contributed by atoms with E-state index in [2.05, 4.69) is 10.2 Å². The van der Waals surface area contributed by atoms with Gasteiger partial charge in [-0.3, -0.25) is 4.90 Å². The van der Waals surface area contributed by atoms with Gasteiger partial charge in [-0.05, 0) is 43.9 Å². The molecule has 1 unspecified atom stereocenters. The van der Waals surface area contributed by atoms with Crippen molar-refractivity contribution in [2.75, 3.05) is 32.8 Å². The summed E-state index contributed by atoms with van der Waals surface area (Å²) >= 11 is 0. The van der Waals surface area contributed by atoms with Gasteiger partial charge in [0, 0.05) is 45.4 Å². The Labute approximate surface area is 143 Å². The van der Waals surface area contributed by atoms with E-state index in [0.717, 1.165) is 44.6 Å². The Kier molecular flexibility index (Phi) is 7.46. The van der Waals surface area contributed by atoms with E-state index in [9.17, 15) is 9.18 Å². The van der Waals surface area contributed by atoms with Gasteiger partial charge >= 0.3 is 6.03 Å². The van der Waals surface area contributed by atoms with Crippen LogP contribution in [0.4, 0.5) is 9.18 Å². The number of halogens is 1. The van der Waals surface area contributed by atoms with Crippen LogP contribution in [0, 0.1) is 5.82 Å². The minimum absolute atomic E-state index is 0.0240. The van der Waals surface area contributed by atoms with Crippen molar-refractivity contribution in [1.29, 1.82) is 0 Å². The fraction of sp³-hybridized carbons (Fsp3) is 0.611. The van der Waals surface area contributed by atoms with Gasteiger partial charge in [0.15, 0.2) is 0 Å². The van der Waals surface area contributed by atoms with E-state index in [-0.39, 0.29) is 24.5 Å². The van der Waals surface area contributed by atoms with E-state index in [1.165, 1.54) is 12.1 Å². The molecule has 2 N–H and O–H groups in total. The highest BCUT2D eigenvalue weighted by atomic mass is 19.1. The molecule has 1 aliphatic rings. The normalized spacial score (nSPS) is 17.4. The number of hydrogen-bond donors (Lipinski definition) is 2. The van der Waals surface area contributed by atoms with Gasteiger partial charge in [0.25, 0.3) is 0 Å². The number of carbonyl (C=O) groups is 1. The molecule has 1 aliphatic heterocycles. The Bertz CT molecular complexity index is 509. The van der Waals surface area contributed by atoms with Crippen LogP contribution in [0.2, 0.25) is 0 Å². The summed E-state index contributed by atoms with van der Waals surface area (Å²) in [7, 11) is 0. The maximum atomic E-state index is 13.0. The average Bonchev–Trinajstić information content (AvgIpc) is 2.81. The molecule has 134 valence electrons. The predicted molar refractivity (Wildman–Crippen MR) is 92.2 cm³/mol. The van der Waals surface area contributed by atoms with Gasteiger partial charge in [0.2, 0.25) is 0 Å². The molecule has 5 nitrogen and oxygen atoms in total. The first-order valence-corrected chi connectivity index (χ1v) is 8.71. The Hall–Kier alpha value is -1.66. The van der Waals surface area contributed by atoms with Crippen LogP contribution in [0.25, 0.3) is 0 Å². The summed E-state index contributed by atoms with van der Waals surface area (Å²) in [4.78, 5) is 16.5. The fourth-order valence-electron chi connectivity index (χ4n) is 2.95. The molecule has 2 rings (SSSR count). The highest BCUT2D eigenvalue weighted by molar-refractivity contribution is 5.74. The monoisotopic (exact) mass is 337 g/mol. The summed E-state index contributed by atoms with van der Waals surface area (Å²) in [6, 6.07) is 6.65. The highest BCUT2D eigenvalue weighted by Crippen LogP contribution is 2.10. The first-order valence-electron chi connectivity index (χ1n) is 8.71. The number of rotatable bonds is 6. The minimum Gasteiger partial charge on any atom is -0.396 e. The molecule has 6 heteroatoms. The van der Waals surface area contributed by atoms with Crippen LogP contribution in [0.5, 0.6) is 0 Å². The lowest BCUT2D eigenvalue weighted by atomic mass is 10.2. The number of amides is 2. The summed E-state index contributed by atoms with van der Waals surface area (Å²) in [5.74, 6) is -0.215. The van der Waals surface area contributed by atoms with Gasteiger partial charge in [-0.2, -0.15) is 0 Å². The smallest absolute Gasteiger partial charge is 0.317 e. The van der Waals surface area contributed by atoms with Crippen molar-refractivity contribution in [2.45, 2.75) is 38.8 Å². The van der Waals surface area contributed by atoms with Crippen molar-refractivity contribution < 1.29 is 14.3 Å². The first kappa shape index (κ1) is 18.7. The van der Waals surface area contributed by atoms with Gasteiger partial charge in [0.1, 0.15) is 5.82 Å². The van der Waals surface area contributed by atoms with Crippen molar-refractivity contribution in [3.8, 4) is 0 Å². The molecule has 1 heterocycles. The van der Waals surface area contributed by atoms with Gasteiger partial charge in [-0.15, -0.1) is 0 Å². The molecule has 0 aliphatic carbocycles. The maximum Gasteiger partial charge on any atom is 0.317 e. The third kappa shape index (κ3) is 6.09. The van der Waals surface area contributed by atoms with Crippen molar-refractivity contribution >= 4 is 6.03 Å². The summed E-state index contributed by atoms with van der Waals surface area (Å²) < 4.78 is 13.0. The summed E-state index contributed by atoms with van der Waals surface area (Å²) in [5, 5.41) is 11.8. The van der Waals surface area contributed by atoms with Crippen molar-refractivity contribution in [2.24, 2.45) is 0 Å². The fourth-order valence-corrected chi connectivity index (χ4v) is 2.95. The average molecular weight is 337 g/mol. The summed E-state index contributed by atoms with van der Waals surface area (Å²) in [6.45, 7) is 6.09. The van der Waals surface area contributed by atoms with Gasteiger partial charge in [0.05, 0.1) is 0 Å². The van der Waals surface area contributed by atoms with E-state index < -0.39 is 0 Å². The Morgan fingerprint density at radius 3 is 2.71 bits per heavy atom. The number of hydrogen-bond acceptors (Lipinski definition) is 3. The molecule has 0 spiro atoms. The molecule has 1 fully saturated rings. The Balaban J connectivity index is 1.79. The second-order valence-electron chi connectivity index (χ2n) is 6.46. The third-order valence-corrected chi connectivity index (χ3v) is 4.36. The predicted octanol–water partition coefficient (Wildman–Crippen LogP) is 2.20. The molecule has 0 aromatic heterocycles. The lowest BCUT2D eigenvalue weighted by Crippen LogP contribution is -2.45. The van der Waals surface area contributed by atoms with E-state index >= 15 is 0 Å². The van der Waals surface area contributed by atoms with Gasteiger partial charge in [-0.25, -0.2) is 9.18 Å². The van der Waals surface area contributed by atoms with Gasteiger partial charge in [-0.1, -0.05) is 12.1 Å². The van der Waals surface area contributed by atoms with Crippen LogP contribution in [0.15, 0.2) is 24.3 Å². The highest BCUT2D eigenvalue weighted by Gasteiger charge is 2.20. The molecule has 1 aromatic rings. The van der Waals surface area contributed by atoms with Crippen molar-refractivity contribution in [3.05, 3.63) is 35.6 Å². The van der Waals surface area contributed by atoms with Gasteiger partial charge < -0.3 is 15.3 Å². The van der Waals surface area contributed by atoms with Crippen LogP contribution < -0.4 is 5.32 Å². The molecule has 24 heavy (non-hydrogen) atoms. The van der Waals surface area contributed by atoms with E-state index in [1.807, 2.05) is 24.0 Å². The zero-order valence-electron chi connectivity index (χ0n) is 14.4. The number of nitrogens with one attached hydrogen (secondary N) is 1. The Morgan fingerprint density at radius 2 is 2.00 bits per heavy atom. The lowest BCUT2D eigenvalue weighted by molar-refractivity contribution is 0.192. The maximum absolute atomic E-state index is 13.0. The molecule has 1 aromatic carbocycles. The first-order chi connectivity index (χ1) is 11.6. The number of nitrogens with zero attached hydrogens (tertiary/aromatic N) is 2. The van der Waals surface area contributed by atoms with E-state index in [4.69, 9.17) is 5.11 Å². The van der Waals surface area contributed by atoms with Crippen molar-refractivity contribution in [3.63, 3.8) is 0 Å². The second kappa shape index (κ2) is 9.59. The molecule has 0 radical (unpaired) electrons. The number of urea groups is 1. The molecular weight excluding hydrogens is 309 g/mol. The number of aliphatic hydroxyl groups is 1. The van der Waals surface area contributed by atoms with Crippen LogP contribution in [-0.4, -0.2) is 59.8 Å². The number of aliphatic hydroxyl groups excluding tert-OH is 1. The van der Waals surface area contributed by atoms with E-state index in [0.29, 0.717) is 13.0 Å². The largest absolute Gasteiger partial charge is 0.396 e. The van der Waals surface area contributed by atoms with Crippen LogP contribution in [0.1, 0.15) is 31.7 Å². The van der Waals surface area contributed by atoms with Crippen LogP contribution in [0.3, 0.4) is 0 Å². The summed E-state index contributed by atoms with van der Waals surface area (Å²) in [6.07, 6.45) is 2.42. The lowest BCUT2D eigenvalue weighted by Gasteiger charge is -2.24. The number of carbonyl (C=O) groups excluding carboxylic acids is 1. The zero-order chi connectivity index (χ0) is 17.4. The molecule has 1 atom stereocenters. The van der Waals surface area contributed by atoms with Crippen LogP contribution >= 0.6 is 0 Å². The SMILES string of the molecule is CC(CCCO)NC(=O)N1CCCN(Cc2ccc(F)cc2)CC1. The second-order valence-corrected chi connectivity index (χ2v) is 6.46. The van der Waals surface area contributed by atoms with Crippen molar-refractivity contribution in [1.82, 2.24) is 15.1 Å². The zero-order valence-corrected chi connectivity index (χ0v) is 14.4. The van der Waals surface area contributed by atoms with Crippen LogP contribution in [-0.2, 0) is 6.54 Å². The van der Waals surface area contributed by atoms with E-state index in [1.54, 1.807) is 0 Å². The third-order valence-electron chi connectivity index (χ3n) is 4.36. The summed E-state index contributed by atoms with van der Waals surface area (Å²) in [5.41, 5.74) is 1.09. The topological polar surface area (TPSA) is 55.8 Å². The molecular formula is C18H28FN3O2. The quantitative estimate of drug-likeness (QED) is 0.837. The molecule has 0 saturated carbocycles. The number of benzene rings is 1. The minimum atomic E-state index is -0.215. The standard InChI is InChI=1S/C18H28FN3O2/c1-15(4-2-13-23)20-18(24)22-10-3-9-21(11-12-22)14-16-5-7-17(19)8-6-16/h5-8,15,23H,2-4,9-14H2,1H3,(H,20,24). The Morgan fingerprint density at radius 1 is 1.25 bits per heavy atom. The molecule has 0 bridgehead atoms. The molecule has 1 saturated heterocycles. The molecule has 2 amide bonds.